The minimum atomic E-state index is 0.127. The molecule has 0 radical (unpaired) electrons. The molecule has 198 valence electrons. The monoisotopic (exact) mass is 518 g/mol. The molecule has 0 heterocycles. The number of hydrogen-bond donors (Lipinski definition) is 0. The Hall–Kier alpha value is -4.16. The van der Waals surface area contributed by atoms with Crippen molar-refractivity contribution in [2.24, 2.45) is 0 Å². The maximum atomic E-state index is 2.38. The van der Waals surface area contributed by atoms with Crippen molar-refractivity contribution in [1.82, 2.24) is 0 Å². The smallest absolute Gasteiger partial charge is 0.00264 e. The Labute approximate surface area is 239 Å². The Bertz CT molecular complexity index is 1690. The molecular formula is C40H38. The molecule has 0 nitrogen and oxygen atoms in total. The van der Waals surface area contributed by atoms with Gasteiger partial charge < -0.3 is 0 Å². The summed E-state index contributed by atoms with van der Waals surface area (Å²) in [6.45, 7) is 13.6. The van der Waals surface area contributed by atoms with Crippen LogP contribution in [0.1, 0.15) is 52.7 Å². The molecule has 0 bridgehead atoms. The molecule has 0 saturated carbocycles. The molecule has 0 saturated heterocycles. The minimum absolute atomic E-state index is 0.127. The van der Waals surface area contributed by atoms with Gasteiger partial charge in [-0.3, -0.25) is 0 Å². The number of hydrogen-bond acceptors (Lipinski definition) is 0. The first kappa shape index (κ1) is 26.1. The van der Waals surface area contributed by atoms with E-state index in [0.717, 1.165) is 0 Å². The fraction of sp³-hybridized carbons (Fsp3) is 0.200. The third kappa shape index (κ3) is 4.95. The van der Waals surface area contributed by atoms with E-state index in [0.29, 0.717) is 0 Å². The zero-order valence-electron chi connectivity index (χ0n) is 24.5. The van der Waals surface area contributed by atoms with Gasteiger partial charge in [0.15, 0.2) is 0 Å². The Morgan fingerprint density at radius 3 is 1.12 bits per heavy atom. The highest BCUT2D eigenvalue weighted by atomic mass is 14.2. The first-order chi connectivity index (χ1) is 19.1. The molecule has 6 aromatic rings. The van der Waals surface area contributed by atoms with Crippen LogP contribution in [0.4, 0.5) is 0 Å². The lowest BCUT2D eigenvalue weighted by atomic mass is 9.84. The van der Waals surface area contributed by atoms with Crippen molar-refractivity contribution in [1.29, 1.82) is 0 Å². The maximum Gasteiger partial charge on any atom is -0.00264 e. The lowest BCUT2D eigenvalue weighted by molar-refractivity contribution is 0.590. The van der Waals surface area contributed by atoms with Gasteiger partial charge >= 0.3 is 0 Å². The van der Waals surface area contributed by atoms with Crippen molar-refractivity contribution < 1.29 is 0 Å². The number of fused-ring (bicyclic) bond motifs is 2. The van der Waals surface area contributed by atoms with E-state index in [1.807, 2.05) is 0 Å². The van der Waals surface area contributed by atoms with Gasteiger partial charge in [-0.15, -0.1) is 0 Å². The standard InChI is InChI=1S/C40H38/c1-39(2,3)34-19-15-27(16-20-34)31-24-32(28-17-21-35(22-18-28)40(4,5)6)26-33(25-31)38-36-13-9-7-11-29(36)23-30-12-8-10-14-37(30)38/h7-26H,1-6H3. The van der Waals surface area contributed by atoms with E-state index in [2.05, 4.69) is 163 Å². The van der Waals surface area contributed by atoms with Crippen LogP contribution in [0.25, 0.3) is 54.9 Å². The van der Waals surface area contributed by atoms with E-state index in [-0.39, 0.29) is 10.8 Å². The second-order valence-electron chi connectivity index (χ2n) is 13.1. The minimum Gasteiger partial charge on any atom is -0.0616 e. The third-order valence-electron chi connectivity index (χ3n) is 8.16. The first-order valence-electron chi connectivity index (χ1n) is 14.4. The molecule has 40 heavy (non-hydrogen) atoms. The normalized spacial score (nSPS) is 12.2. The van der Waals surface area contributed by atoms with E-state index < -0.39 is 0 Å². The second kappa shape index (κ2) is 9.79. The molecule has 6 rings (SSSR count). The van der Waals surface area contributed by atoms with Crippen molar-refractivity contribution in [3.8, 4) is 33.4 Å². The molecule has 6 aromatic carbocycles. The topological polar surface area (TPSA) is 0 Å². The largest absolute Gasteiger partial charge is 0.0616 e. The van der Waals surface area contributed by atoms with Crippen molar-refractivity contribution >= 4 is 21.5 Å². The van der Waals surface area contributed by atoms with Crippen LogP contribution in [-0.4, -0.2) is 0 Å². The Kier molecular flexibility index (Phi) is 6.38. The SMILES string of the molecule is CC(C)(C)c1ccc(-c2cc(-c3ccc(C(C)(C)C)cc3)cc(-c3c4ccccc4cc4ccccc34)c2)cc1. The van der Waals surface area contributed by atoms with Crippen molar-refractivity contribution in [3.63, 3.8) is 0 Å². The van der Waals surface area contributed by atoms with Crippen LogP contribution in [0, 0.1) is 0 Å². The van der Waals surface area contributed by atoms with Gasteiger partial charge in [-0.2, -0.15) is 0 Å². The van der Waals surface area contributed by atoms with Crippen LogP contribution in [-0.2, 0) is 10.8 Å². The molecule has 0 atom stereocenters. The van der Waals surface area contributed by atoms with Gasteiger partial charge in [-0.05, 0) is 101 Å². The fourth-order valence-electron chi connectivity index (χ4n) is 5.76. The van der Waals surface area contributed by atoms with Crippen molar-refractivity contribution in [2.75, 3.05) is 0 Å². The van der Waals surface area contributed by atoms with E-state index in [4.69, 9.17) is 0 Å². The zero-order chi connectivity index (χ0) is 28.1. The summed E-state index contributed by atoms with van der Waals surface area (Å²) in [6.07, 6.45) is 0. The van der Waals surface area contributed by atoms with Gasteiger partial charge in [0.25, 0.3) is 0 Å². The fourth-order valence-corrected chi connectivity index (χ4v) is 5.76. The van der Waals surface area contributed by atoms with Crippen LogP contribution < -0.4 is 0 Å². The first-order valence-corrected chi connectivity index (χ1v) is 14.4. The maximum absolute atomic E-state index is 2.38. The Morgan fingerprint density at radius 2 is 0.725 bits per heavy atom. The quantitative estimate of drug-likeness (QED) is 0.204. The van der Waals surface area contributed by atoms with Gasteiger partial charge in [0, 0.05) is 0 Å². The number of rotatable bonds is 3. The van der Waals surface area contributed by atoms with Crippen molar-refractivity contribution in [2.45, 2.75) is 52.4 Å². The number of benzene rings is 6. The van der Waals surface area contributed by atoms with Gasteiger partial charge in [-0.1, -0.05) is 139 Å². The molecule has 0 unspecified atom stereocenters. The summed E-state index contributed by atoms with van der Waals surface area (Å²) < 4.78 is 0. The molecule has 0 amide bonds. The van der Waals surface area contributed by atoms with Gasteiger partial charge in [0.2, 0.25) is 0 Å². The van der Waals surface area contributed by atoms with Gasteiger partial charge in [0.1, 0.15) is 0 Å². The molecule has 0 aromatic heterocycles. The lowest BCUT2D eigenvalue weighted by Gasteiger charge is -2.20. The summed E-state index contributed by atoms with van der Waals surface area (Å²) in [5, 5.41) is 5.12. The average Bonchev–Trinajstić information content (AvgIpc) is 2.95. The molecule has 0 aliphatic heterocycles. The molecule has 0 fully saturated rings. The summed E-state index contributed by atoms with van der Waals surface area (Å²) in [6, 6.07) is 45.3. The second-order valence-corrected chi connectivity index (χ2v) is 13.1. The lowest BCUT2D eigenvalue weighted by Crippen LogP contribution is -2.10. The van der Waals surface area contributed by atoms with Crippen LogP contribution in [0.2, 0.25) is 0 Å². The molecule has 0 aliphatic carbocycles. The Morgan fingerprint density at radius 1 is 0.350 bits per heavy atom. The van der Waals surface area contributed by atoms with Crippen LogP contribution in [0.5, 0.6) is 0 Å². The molecule has 0 N–H and O–H groups in total. The predicted molar refractivity (Wildman–Crippen MR) is 175 cm³/mol. The molecule has 0 heteroatoms. The van der Waals surface area contributed by atoms with Crippen LogP contribution in [0.15, 0.2) is 121 Å². The summed E-state index contributed by atoms with van der Waals surface area (Å²) in [7, 11) is 0. The Balaban J connectivity index is 1.61. The molecule has 0 spiro atoms. The highest BCUT2D eigenvalue weighted by Gasteiger charge is 2.17. The predicted octanol–water partition coefficient (Wildman–Crippen LogP) is 11.6. The van der Waals surface area contributed by atoms with Gasteiger partial charge in [0.05, 0.1) is 0 Å². The van der Waals surface area contributed by atoms with E-state index >= 15 is 0 Å². The average molecular weight is 519 g/mol. The summed E-state index contributed by atoms with van der Waals surface area (Å²) in [5.41, 5.74) is 10.5. The summed E-state index contributed by atoms with van der Waals surface area (Å²) in [4.78, 5) is 0. The van der Waals surface area contributed by atoms with Crippen molar-refractivity contribution in [3.05, 3.63) is 132 Å². The zero-order valence-corrected chi connectivity index (χ0v) is 24.5. The molecule has 0 aliphatic rings. The highest BCUT2D eigenvalue weighted by molar-refractivity contribution is 6.13. The van der Waals surface area contributed by atoms with Crippen LogP contribution >= 0.6 is 0 Å². The summed E-state index contributed by atoms with van der Waals surface area (Å²) >= 11 is 0. The van der Waals surface area contributed by atoms with E-state index in [1.54, 1.807) is 0 Å². The van der Waals surface area contributed by atoms with E-state index in [9.17, 15) is 0 Å². The van der Waals surface area contributed by atoms with Gasteiger partial charge in [-0.25, -0.2) is 0 Å². The van der Waals surface area contributed by atoms with Crippen LogP contribution in [0.3, 0.4) is 0 Å². The van der Waals surface area contributed by atoms with E-state index in [1.165, 1.54) is 66.1 Å². The third-order valence-corrected chi connectivity index (χ3v) is 8.16. The molecular weight excluding hydrogens is 480 g/mol. The highest BCUT2D eigenvalue weighted by Crippen LogP contribution is 2.40. The summed E-state index contributed by atoms with van der Waals surface area (Å²) in [5.74, 6) is 0.